The minimum atomic E-state index is -0.377. The Morgan fingerprint density at radius 3 is 2.67 bits per heavy atom. The van der Waals surface area contributed by atoms with Crippen molar-refractivity contribution in [3.05, 3.63) is 56.5 Å². The van der Waals surface area contributed by atoms with E-state index in [0.29, 0.717) is 21.5 Å². The van der Waals surface area contributed by atoms with Gasteiger partial charge in [-0.05, 0) is 61.1 Å². The van der Waals surface area contributed by atoms with Crippen molar-refractivity contribution in [2.75, 3.05) is 11.9 Å². The van der Waals surface area contributed by atoms with Crippen LogP contribution in [0.4, 0.5) is 5.69 Å². The van der Waals surface area contributed by atoms with E-state index in [1.54, 1.807) is 24.3 Å². The molecule has 8 heteroatoms. The maximum absolute atomic E-state index is 11.9. The highest BCUT2D eigenvalue weighted by molar-refractivity contribution is 9.10. The number of rotatable bonds is 4. The first kappa shape index (κ1) is 19.0. The van der Waals surface area contributed by atoms with Gasteiger partial charge in [-0.25, -0.2) is 0 Å². The first-order valence-corrected chi connectivity index (χ1v) is 8.75. The standard InChI is InChI=1S/C16H13BrCl2N2O2S/c1-9-6-11(3-4-12(9)17)23-8-15(22)21-16(24)20-14-5-2-10(18)7-13(14)19/h2-7H,8H2,1H3,(H2,20,21,22,24). The number of carbonyl (C=O) groups is 1. The molecule has 2 aromatic carbocycles. The topological polar surface area (TPSA) is 50.4 Å². The number of hydrogen-bond acceptors (Lipinski definition) is 3. The number of anilines is 1. The summed E-state index contributed by atoms with van der Waals surface area (Å²) in [7, 11) is 0. The van der Waals surface area contributed by atoms with Crippen LogP contribution >= 0.6 is 51.3 Å². The summed E-state index contributed by atoms with van der Waals surface area (Å²) in [5.74, 6) is 0.226. The van der Waals surface area contributed by atoms with E-state index in [4.69, 9.17) is 40.2 Å². The third-order valence-electron chi connectivity index (χ3n) is 2.93. The second-order valence-electron chi connectivity index (χ2n) is 4.83. The Morgan fingerprint density at radius 1 is 1.25 bits per heavy atom. The summed E-state index contributed by atoms with van der Waals surface area (Å²) in [6.07, 6.45) is 0. The first-order chi connectivity index (χ1) is 11.3. The lowest BCUT2D eigenvalue weighted by molar-refractivity contribution is -0.121. The highest BCUT2D eigenvalue weighted by Gasteiger charge is 2.08. The minimum absolute atomic E-state index is 0.125. The van der Waals surface area contributed by atoms with Gasteiger partial charge in [0.25, 0.3) is 5.91 Å². The number of carbonyl (C=O) groups excluding carboxylic acids is 1. The summed E-state index contributed by atoms with van der Waals surface area (Å²) >= 11 is 20.3. The van der Waals surface area contributed by atoms with Crippen LogP contribution in [-0.4, -0.2) is 17.6 Å². The molecule has 2 N–H and O–H groups in total. The molecule has 2 aromatic rings. The number of halogens is 3. The summed E-state index contributed by atoms with van der Waals surface area (Å²) in [5.41, 5.74) is 1.57. The summed E-state index contributed by atoms with van der Waals surface area (Å²) in [6.45, 7) is 1.78. The lowest BCUT2D eigenvalue weighted by Gasteiger charge is -2.12. The molecule has 0 saturated carbocycles. The van der Waals surface area contributed by atoms with Gasteiger partial charge in [0.1, 0.15) is 5.75 Å². The number of nitrogens with one attached hydrogen (secondary N) is 2. The summed E-state index contributed by atoms with van der Waals surface area (Å²) in [5, 5.41) is 6.39. The first-order valence-electron chi connectivity index (χ1n) is 6.80. The molecule has 4 nitrogen and oxygen atoms in total. The molecule has 0 atom stereocenters. The van der Waals surface area contributed by atoms with E-state index in [1.165, 1.54) is 0 Å². The maximum Gasteiger partial charge on any atom is 0.264 e. The van der Waals surface area contributed by atoms with E-state index < -0.39 is 0 Å². The Labute approximate surface area is 163 Å². The maximum atomic E-state index is 11.9. The quantitative estimate of drug-likeness (QED) is 0.650. The zero-order chi connectivity index (χ0) is 17.7. The van der Waals surface area contributed by atoms with E-state index in [9.17, 15) is 4.79 Å². The Kier molecular flexibility index (Phi) is 6.86. The fourth-order valence-corrected chi connectivity index (χ4v) is 2.69. The molecule has 126 valence electrons. The number of aryl methyl sites for hydroxylation is 1. The predicted octanol–water partition coefficient (Wildman–Crippen LogP) is 4.96. The molecule has 0 fully saturated rings. The molecule has 0 unspecified atom stereocenters. The van der Waals surface area contributed by atoms with E-state index >= 15 is 0 Å². The average molecular weight is 448 g/mol. The number of benzene rings is 2. The van der Waals surface area contributed by atoms with Gasteiger partial charge in [-0.1, -0.05) is 39.1 Å². The van der Waals surface area contributed by atoms with Gasteiger partial charge in [0.15, 0.2) is 11.7 Å². The van der Waals surface area contributed by atoms with Crippen molar-refractivity contribution in [2.24, 2.45) is 0 Å². The van der Waals surface area contributed by atoms with E-state index in [-0.39, 0.29) is 17.6 Å². The van der Waals surface area contributed by atoms with Crippen LogP contribution in [0.25, 0.3) is 0 Å². The molecule has 0 aliphatic heterocycles. The van der Waals surface area contributed by atoms with Crippen molar-refractivity contribution in [1.82, 2.24) is 5.32 Å². The molecule has 24 heavy (non-hydrogen) atoms. The third kappa shape index (κ3) is 5.63. The highest BCUT2D eigenvalue weighted by Crippen LogP contribution is 2.25. The van der Waals surface area contributed by atoms with Crippen molar-refractivity contribution in [3.8, 4) is 5.75 Å². The average Bonchev–Trinajstić information content (AvgIpc) is 2.51. The van der Waals surface area contributed by atoms with Gasteiger partial charge in [-0.3, -0.25) is 10.1 Å². The van der Waals surface area contributed by atoms with Crippen molar-refractivity contribution < 1.29 is 9.53 Å². The fourth-order valence-electron chi connectivity index (χ4n) is 1.76. The zero-order valence-electron chi connectivity index (χ0n) is 12.5. The number of ether oxygens (including phenoxy) is 1. The summed E-state index contributed by atoms with van der Waals surface area (Å²) in [6, 6.07) is 10.4. The van der Waals surface area contributed by atoms with Gasteiger partial charge in [0, 0.05) is 9.50 Å². The molecule has 0 aliphatic carbocycles. The zero-order valence-corrected chi connectivity index (χ0v) is 16.4. The van der Waals surface area contributed by atoms with Crippen molar-refractivity contribution in [2.45, 2.75) is 6.92 Å². The highest BCUT2D eigenvalue weighted by atomic mass is 79.9. The molecule has 0 aromatic heterocycles. The van der Waals surface area contributed by atoms with Crippen molar-refractivity contribution in [1.29, 1.82) is 0 Å². The van der Waals surface area contributed by atoms with Crippen LogP contribution in [0.15, 0.2) is 40.9 Å². The molecule has 0 spiro atoms. The predicted molar refractivity (Wildman–Crippen MR) is 105 cm³/mol. The second kappa shape index (κ2) is 8.67. The lowest BCUT2D eigenvalue weighted by Crippen LogP contribution is -2.37. The van der Waals surface area contributed by atoms with Gasteiger partial charge in [-0.15, -0.1) is 0 Å². The van der Waals surface area contributed by atoms with Crippen LogP contribution in [0.5, 0.6) is 5.75 Å². The fraction of sp³-hybridized carbons (Fsp3) is 0.125. The van der Waals surface area contributed by atoms with Crippen molar-refractivity contribution >= 4 is 68.1 Å². The van der Waals surface area contributed by atoms with Crippen LogP contribution in [0.3, 0.4) is 0 Å². The minimum Gasteiger partial charge on any atom is -0.484 e. The molecule has 0 aliphatic rings. The van der Waals surface area contributed by atoms with Gasteiger partial charge < -0.3 is 10.1 Å². The largest absolute Gasteiger partial charge is 0.484 e. The summed E-state index contributed by atoms with van der Waals surface area (Å²) < 4.78 is 6.41. The molecule has 0 radical (unpaired) electrons. The van der Waals surface area contributed by atoms with Gasteiger partial charge in [0.05, 0.1) is 10.7 Å². The van der Waals surface area contributed by atoms with Crippen LogP contribution in [0.1, 0.15) is 5.56 Å². The van der Waals surface area contributed by atoms with Crippen molar-refractivity contribution in [3.63, 3.8) is 0 Å². The molecule has 2 rings (SSSR count). The molecule has 1 amide bonds. The van der Waals surface area contributed by atoms with Crippen LogP contribution < -0.4 is 15.4 Å². The van der Waals surface area contributed by atoms with Crippen LogP contribution in [-0.2, 0) is 4.79 Å². The van der Waals surface area contributed by atoms with Gasteiger partial charge in [-0.2, -0.15) is 0 Å². The van der Waals surface area contributed by atoms with E-state index in [0.717, 1.165) is 10.0 Å². The van der Waals surface area contributed by atoms with Crippen LogP contribution in [0, 0.1) is 6.92 Å². The summed E-state index contributed by atoms with van der Waals surface area (Å²) in [4.78, 5) is 11.9. The second-order valence-corrected chi connectivity index (χ2v) is 6.93. The molecule has 0 saturated heterocycles. The van der Waals surface area contributed by atoms with Gasteiger partial charge >= 0.3 is 0 Å². The Bertz CT molecular complexity index is 787. The number of thiocarbonyl (C=S) groups is 1. The normalized spacial score (nSPS) is 10.2. The SMILES string of the molecule is Cc1cc(OCC(=O)NC(=S)Nc2ccc(Cl)cc2Cl)ccc1Br. The van der Waals surface area contributed by atoms with Gasteiger partial charge in [0.2, 0.25) is 0 Å². The molecular formula is C16H13BrCl2N2O2S. The number of hydrogen-bond donors (Lipinski definition) is 2. The van der Waals surface area contributed by atoms with Crippen LogP contribution in [0.2, 0.25) is 10.0 Å². The van der Waals surface area contributed by atoms with E-state index in [2.05, 4.69) is 26.6 Å². The molecule has 0 heterocycles. The lowest BCUT2D eigenvalue weighted by atomic mass is 10.2. The molecular weight excluding hydrogens is 435 g/mol. The monoisotopic (exact) mass is 446 g/mol. The Morgan fingerprint density at radius 2 is 2.00 bits per heavy atom. The Hall–Kier alpha value is -1.34. The third-order valence-corrected chi connectivity index (χ3v) is 4.57. The Balaban J connectivity index is 1.85. The molecule has 0 bridgehead atoms. The number of amides is 1. The van der Waals surface area contributed by atoms with E-state index in [1.807, 2.05) is 19.1 Å². The smallest absolute Gasteiger partial charge is 0.264 e.